The van der Waals surface area contributed by atoms with Crippen molar-refractivity contribution < 1.29 is 65.9 Å². The summed E-state index contributed by atoms with van der Waals surface area (Å²) in [4.78, 5) is 159. The van der Waals surface area contributed by atoms with Gasteiger partial charge in [0.1, 0.15) is 48.0 Å². The van der Waals surface area contributed by atoms with Gasteiger partial charge in [-0.3, -0.25) is 57.7 Å². The van der Waals surface area contributed by atoms with Gasteiger partial charge in [0.15, 0.2) is 0 Å². The van der Waals surface area contributed by atoms with Gasteiger partial charge in [0.05, 0.1) is 25.0 Å². The van der Waals surface area contributed by atoms with Crippen LogP contribution >= 0.6 is 23.5 Å². The summed E-state index contributed by atoms with van der Waals surface area (Å²) in [5, 5.41) is 18.7. The second-order valence-corrected chi connectivity index (χ2v) is 29.9. The van der Waals surface area contributed by atoms with E-state index in [1.54, 1.807) is 85.4 Å². The number of carbonyl (C=O) groups is 11. The van der Waals surface area contributed by atoms with Crippen molar-refractivity contribution in [2.45, 2.75) is 167 Å². The smallest absolute Gasteiger partial charge is 0.264 e. The van der Waals surface area contributed by atoms with Gasteiger partial charge in [0, 0.05) is 60.8 Å². The van der Waals surface area contributed by atoms with Crippen LogP contribution in [0.1, 0.15) is 111 Å². The molecule has 0 spiro atoms. The molecular formula is C73H94N14O14S3. The molecule has 104 heavy (non-hydrogen) atoms. The molecule has 7 atom stereocenters. The number of sulfonamides is 1. The summed E-state index contributed by atoms with van der Waals surface area (Å²) in [5.74, 6) is -8.39. The largest absolute Gasteiger partial charge is 0.497 e. The van der Waals surface area contributed by atoms with Gasteiger partial charge in [-0.15, -0.1) is 11.8 Å². The summed E-state index contributed by atoms with van der Waals surface area (Å²) in [5.41, 5.74) is 26.6. The van der Waals surface area contributed by atoms with Gasteiger partial charge in [-0.1, -0.05) is 140 Å². The summed E-state index contributed by atoms with van der Waals surface area (Å²) in [6, 6.07) is 30.5. The Morgan fingerprint density at radius 2 is 1.12 bits per heavy atom. The van der Waals surface area contributed by atoms with E-state index >= 15 is 0 Å². The average Bonchev–Trinajstić information content (AvgIpc) is 1.56. The highest BCUT2D eigenvalue weighted by molar-refractivity contribution is 8.00. The molecule has 11 amide bonds. The van der Waals surface area contributed by atoms with Crippen LogP contribution in [0.15, 0.2) is 149 Å². The standard InChI is InChI=1S/C73H94N14O14S3/c1-47-25-31-53(32-26-47)104(99,100)86-72(77)78-37-15-23-54(65(92)79-43-63(76)90)82-70(97)60-24-16-38-87(60)71(98)59(46-102-44-50-19-9-4-10-20-50)85-69(96)58(41-62(75)89)84-66(93)55(33-34-61(74)88)81-68(95)57(39-48-17-7-3-8-18-48)83-67(94)56(40-49-27-29-52(101-2)30-28-49)80-64(91)42-73(35-13-6-14-36-73)103-45-51-21-11-5-12-22-51/h3-5,7-12,17-22,25-32,54-60H,6,13-16,23-24,33-46H2,1-2H3,(H2,74,88)(H2,75,89)(H2,76,90)(H,79,92)(H,80,91)(H,81,95)(H,82,97)(H,83,94)(H,84,93)(H,85,96)(H3,77,78,86)/t54-,55-,56-,57-,58-,59+,60-/m0/s1. The van der Waals surface area contributed by atoms with E-state index in [9.17, 15) is 61.2 Å². The predicted molar refractivity (Wildman–Crippen MR) is 396 cm³/mol. The second-order valence-electron chi connectivity index (χ2n) is 25.7. The highest BCUT2D eigenvalue weighted by atomic mass is 32.2. The van der Waals surface area contributed by atoms with Crippen molar-refractivity contribution in [2.24, 2.45) is 27.9 Å². The third-order valence-electron chi connectivity index (χ3n) is 17.6. The number of amides is 11. The minimum atomic E-state index is -4.10. The Morgan fingerprint density at radius 3 is 1.71 bits per heavy atom. The molecule has 0 aromatic heterocycles. The molecule has 5 aromatic carbocycles. The van der Waals surface area contributed by atoms with Gasteiger partial charge in [-0.2, -0.15) is 11.8 Å². The van der Waals surface area contributed by atoms with E-state index in [0.29, 0.717) is 28.4 Å². The zero-order chi connectivity index (χ0) is 75.2. The number of hydrogen-bond acceptors (Lipinski definition) is 17. The number of guanidine groups is 1. The third-order valence-corrected chi connectivity index (χ3v) is 21.7. The van der Waals surface area contributed by atoms with Crippen LogP contribution < -0.4 is 69.6 Å². The number of hydrogen-bond donors (Lipinski definition) is 12. The first-order valence-corrected chi connectivity index (χ1v) is 38.0. The molecular weight excluding hydrogens is 1390 g/mol. The molecule has 28 nitrogen and oxygen atoms in total. The maximum absolute atomic E-state index is 15.0. The molecule has 1 heterocycles. The van der Waals surface area contributed by atoms with E-state index < -0.39 is 148 Å². The molecule has 0 radical (unpaired) electrons. The molecule has 0 unspecified atom stereocenters. The van der Waals surface area contributed by atoms with Crippen LogP contribution in [-0.4, -0.2) is 164 Å². The zero-order valence-electron chi connectivity index (χ0n) is 58.3. The average molecular weight is 1490 g/mol. The van der Waals surface area contributed by atoms with Gasteiger partial charge in [-0.25, -0.2) is 13.1 Å². The van der Waals surface area contributed by atoms with Crippen molar-refractivity contribution in [3.63, 3.8) is 0 Å². The van der Waals surface area contributed by atoms with Crippen LogP contribution in [0.5, 0.6) is 5.75 Å². The summed E-state index contributed by atoms with van der Waals surface area (Å²) < 4.78 is 33.0. The Kier molecular flexibility index (Phi) is 31.8. The first kappa shape index (κ1) is 81.3. The summed E-state index contributed by atoms with van der Waals surface area (Å²) in [6.07, 6.45) is 3.00. The number of likely N-dealkylation sites (tertiary alicyclic amines) is 1. The van der Waals surface area contributed by atoms with Crippen molar-refractivity contribution in [2.75, 3.05) is 32.5 Å². The number of nitrogens with one attached hydrogen (secondary N) is 8. The van der Waals surface area contributed by atoms with Crippen LogP contribution in [0.4, 0.5) is 0 Å². The van der Waals surface area contributed by atoms with Crippen molar-refractivity contribution in [3.05, 3.63) is 167 Å². The molecule has 31 heteroatoms. The number of primary amides is 3. The lowest BCUT2D eigenvalue weighted by Gasteiger charge is -2.37. The van der Waals surface area contributed by atoms with Crippen molar-refractivity contribution in [1.29, 1.82) is 0 Å². The quantitative estimate of drug-likeness (QED) is 0.0152. The maximum atomic E-state index is 15.0. The number of methoxy groups -OCH3 is 1. The van der Waals surface area contributed by atoms with E-state index in [2.05, 4.69) is 46.9 Å². The summed E-state index contributed by atoms with van der Waals surface area (Å²) in [6.45, 7) is 1.07. The fourth-order valence-corrected chi connectivity index (χ4v) is 15.5. The van der Waals surface area contributed by atoms with Gasteiger partial charge in [-0.05, 0) is 98.4 Å². The van der Waals surface area contributed by atoms with Gasteiger partial charge < -0.3 is 69.8 Å². The third kappa shape index (κ3) is 26.7. The molecule has 5 aromatic rings. The zero-order valence-corrected chi connectivity index (χ0v) is 60.8. The van der Waals surface area contributed by atoms with Crippen LogP contribution in [0, 0.1) is 6.92 Å². The monoisotopic (exact) mass is 1490 g/mol. The Bertz CT molecular complexity index is 3890. The Morgan fingerprint density at radius 1 is 0.577 bits per heavy atom. The fraction of sp³-hybridized carbons (Fsp3) is 0.425. The number of ether oxygens (including phenoxy) is 1. The van der Waals surface area contributed by atoms with Gasteiger partial charge >= 0.3 is 0 Å². The van der Waals surface area contributed by atoms with Crippen LogP contribution in [0.3, 0.4) is 0 Å². The SMILES string of the molecule is COc1ccc(C[C@H](NC(=O)CC2(SCc3ccccc3)CCCCC2)C(=O)N[C@@H](Cc2ccccc2)C(=O)N[C@@H](CCC(N)=O)C(=O)N[C@@H](CC(N)=O)C(=O)N[C@H](CSCc2ccccc2)C(=O)N2CCC[C@H]2C(=O)N[C@@H](CCCN=C(N)NS(=O)(=O)c2ccc(C)cc2)C(=O)NCC(N)=O)cc1. The van der Waals surface area contributed by atoms with E-state index in [1.807, 2.05) is 60.7 Å². The number of thioether (sulfide) groups is 2. The first-order valence-electron chi connectivity index (χ1n) is 34.4. The number of carbonyl (C=O) groups excluding carboxylic acids is 11. The second kappa shape index (κ2) is 40.7. The molecule has 0 bridgehead atoms. The summed E-state index contributed by atoms with van der Waals surface area (Å²) >= 11 is 2.96. The first-order chi connectivity index (χ1) is 49.8. The number of rotatable bonds is 40. The molecule has 1 saturated heterocycles. The van der Waals surface area contributed by atoms with Crippen LogP contribution in [0.2, 0.25) is 0 Å². The number of benzene rings is 5. The lowest BCUT2D eigenvalue weighted by molar-refractivity contribution is -0.142. The summed E-state index contributed by atoms with van der Waals surface area (Å²) in [7, 11) is -2.58. The van der Waals surface area contributed by atoms with E-state index in [0.717, 1.165) is 48.8 Å². The van der Waals surface area contributed by atoms with Gasteiger partial charge in [0.2, 0.25) is 70.9 Å². The highest BCUT2D eigenvalue weighted by Gasteiger charge is 2.41. The van der Waals surface area contributed by atoms with E-state index in [4.69, 9.17) is 27.7 Å². The Balaban J connectivity index is 1.09. The lowest BCUT2D eigenvalue weighted by atomic mass is 9.85. The van der Waals surface area contributed by atoms with Crippen LogP contribution in [0.25, 0.3) is 0 Å². The van der Waals surface area contributed by atoms with E-state index in [-0.39, 0.29) is 74.6 Å². The molecule has 16 N–H and O–H groups in total. The van der Waals surface area contributed by atoms with Crippen LogP contribution in [-0.2, 0) is 87.1 Å². The topological polar surface area (TPSA) is 447 Å². The normalized spacial score (nSPS) is 15.9. The van der Waals surface area contributed by atoms with Crippen molar-refractivity contribution in [3.8, 4) is 5.75 Å². The van der Waals surface area contributed by atoms with E-state index in [1.165, 1.54) is 35.9 Å². The van der Waals surface area contributed by atoms with Gasteiger partial charge in [0.25, 0.3) is 10.0 Å². The molecule has 1 saturated carbocycles. The minimum absolute atomic E-state index is 0.000510. The number of nitrogens with zero attached hydrogens (tertiary/aromatic N) is 2. The highest BCUT2D eigenvalue weighted by Crippen LogP contribution is 2.44. The Hall–Kier alpha value is -10.0. The van der Waals surface area contributed by atoms with Crippen molar-refractivity contribution >= 4 is 104 Å². The van der Waals surface area contributed by atoms with Crippen molar-refractivity contribution in [1.82, 2.24) is 46.8 Å². The maximum Gasteiger partial charge on any atom is 0.264 e. The fourth-order valence-electron chi connectivity index (χ4n) is 12.1. The number of aliphatic imine (C=N–C) groups is 1. The molecule has 558 valence electrons. The molecule has 1 aliphatic carbocycles. The predicted octanol–water partition coefficient (Wildman–Crippen LogP) is 2.46. The minimum Gasteiger partial charge on any atom is -0.497 e. The number of nitrogens with two attached hydrogens (primary N) is 4. The number of aryl methyl sites for hydroxylation is 1. The molecule has 1 aliphatic heterocycles. The lowest BCUT2D eigenvalue weighted by Crippen LogP contribution is -2.61. The molecule has 7 rings (SSSR count). The molecule has 2 fully saturated rings. The molecule has 2 aliphatic rings. The Labute approximate surface area is 614 Å².